The highest BCUT2D eigenvalue weighted by atomic mass is 32.3. The van der Waals surface area contributed by atoms with Gasteiger partial charge in [0.05, 0.1) is 5.75 Å². The summed E-state index contributed by atoms with van der Waals surface area (Å²) < 4.78 is 32.3. The smallest absolute Gasteiger partial charge is 0.195 e. The summed E-state index contributed by atoms with van der Waals surface area (Å²) in [4.78, 5) is 0. The molecule has 1 saturated carbocycles. The molecule has 0 aromatic rings. The molecule has 0 amide bonds. The molecule has 1 rings (SSSR count). The van der Waals surface area contributed by atoms with Gasteiger partial charge in [-0.1, -0.05) is 12.8 Å². The maximum atomic E-state index is 12.0. The van der Waals surface area contributed by atoms with Gasteiger partial charge in [0.25, 0.3) is 0 Å². The zero-order valence-corrected chi connectivity index (χ0v) is 6.53. The first kappa shape index (κ1) is 7.98. The van der Waals surface area contributed by atoms with Crippen molar-refractivity contribution in [2.45, 2.75) is 25.7 Å². The summed E-state index contributed by atoms with van der Waals surface area (Å²) in [6, 6.07) is 0. The topological polar surface area (TPSA) is 34.1 Å². The Balaban J connectivity index is 2.38. The van der Waals surface area contributed by atoms with E-state index in [0.29, 0.717) is 0 Å². The molecule has 0 spiro atoms. The van der Waals surface area contributed by atoms with E-state index in [4.69, 9.17) is 0 Å². The molecule has 0 aliphatic heterocycles. The van der Waals surface area contributed by atoms with E-state index in [-0.39, 0.29) is 11.7 Å². The molecule has 0 aromatic heterocycles. The highest BCUT2D eigenvalue weighted by molar-refractivity contribution is 7.86. The average molecular weight is 166 g/mol. The van der Waals surface area contributed by atoms with Crippen LogP contribution < -0.4 is 0 Å². The Morgan fingerprint density at radius 3 is 2.20 bits per heavy atom. The van der Waals surface area contributed by atoms with E-state index in [1.807, 2.05) is 0 Å². The molecule has 1 aliphatic carbocycles. The average Bonchev–Trinajstić information content (AvgIpc) is 2.12. The number of halogens is 1. The summed E-state index contributed by atoms with van der Waals surface area (Å²) in [7, 11) is -4.21. The van der Waals surface area contributed by atoms with Crippen LogP contribution in [-0.4, -0.2) is 14.2 Å². The summed E-state index contributed by atoms with van der Waals surface area (Å²) in [5.41, 5.74) is 0. The van der Waals surface area contributed by atoms with E-state index in [1.165, 1.54) is 0 Å². The Bertz CT molecular complexity index is 192. The number of hydrogen-bond donors (Lipinski definition) is 0. The Labute approximate surface area is 60.6 Å². The first-order valence-electron chi connectivity index (χ1n) is 3.50. The largest absolute Gasteiger partial charge is 0.302 e. The van der Waals surface area contributed by atoms with Crippen molar-refractivity contribution in [3.8, 4) is 0 Å². The van der Waals surface area contributed by atoms with Crippen LogP contribution in [0.25, 0.3) is 0 Å². The van der Waals surface area contributed by atoms with Crippen LogP contribution in [0, 0.1) is 5.92 Å². The second kappa shape index (κ2) is 2.86. The van der Waals surface area contributed by atoms with E-state index in [1.54, 1.807) is 0 Å². The van der Waals surface area contributed by atoms with Crippen molar-refractivity contribution in [3.63, 3.8) is 0 Å². The first-order chi connectivity index (χ1) is 4.58. The summed E-state index contributed by atoms with van der Waals surface area (Å²) in [6.45, 7) is 0. The van der Waals surface area contributed by atoms with Crippen molar-refractivity contribution in [3.05, 3.63) is 0 Å². The maximum absolute atomic E-state index is 12.0. The highest BCUT2D eigenvalue weighted by Gasteiger charge is 2.21. The molecule has 1 aliphatic rings. The molecule has 10 heavy (non-hydrogen) atoms. The van der Waals surface area contributed by atoms with Crippen molar-refractivity contribution in [1.29, 1.82) is 0 Å². The van der Waals surface area contributed by atoms with Crippen molar-refractivity contribution in [2.24, 2.45) is 5.92 Å². The Kier molecular flexibility index (Phi) is 2.28. The maximum Gasteiger partial charge on any atom is 0.302 e. The van der Waals surface area contributed by atoms with Gasteiger partial charge in [0.2, 0.25) is 0 Å². The molecule has 2 nitrogen and oxygen atoms in total. The van der Waals surface area contributed by atoms with Crippen molar-refractivity contribution in [2.75, 3.05) is 5.75 Å². The van der Waals surface area contributed by atoms with Crippen LogP contribution in [0.1, 0.15) is 25.7 Å². The predicted octanol–water partition coefficient (Wildman–Crippen LogP) is 1.48. The minimum atomic E-state index is -4.21. The fourth-order valence-corrected chi connectivity index (χ4v) is 2.35. The monoisotopic (exact) mass is 166 g/mol. The first-order valence-corrected chi connectivity index (χ1v) is 5.05. The zero-order chi connectivity index (χ0) is 7.61. The second-order valence-electron chi connectivity index (χ2n) is 2.86. The lowest BCUT2D eigenvalue weighted by Crippen LogP contribution is -2.08. The SMILES string of the molecule is O=S(=O)(F)CC1CCCC1. The van der Waals surface area contributed by atoms with E-state index in [0.717, 1.165) is 25.7 Å². The van der Waals surface area contributed by atoms with Gasteiger partial charge in [0.15, 0.2) is 0 Å². The van der Waals surface area contributed by atoms with Crippen LogP contribution in [-0.2, 0) is 10.2 Å². The molecule has 0 bridgehead atoms. The minimum Gasteiger partial charge on any atom is -0.195 e. The molecule has 0 unspecified atom stereocenters. The summed E-state index contributed by atoms with van der Waals surface area (Å²) in [6.07, 6.45) is 3.87. The Morgan fingerprint density at radius 1 is 1.30 bits per heavy atom. The molecule has 0 atom stereocenters. The van der Waals surface area contributed by atoms with Crippen LogP contribution in [0.5, 0.6) is 0 Å². The third kappa shape index (κ3) is 2.64. The van der Waals surface area contributed by atoms with Crippen molar-refractivity contribution < 1.29 is 12.3 Å². The lowest BCUT2D eigenvalue weighted by molar-refractivity contribution is 0.523. The molecular formula is C6H11FO2S. The van der Waals surface area contributed by atoms with Gasteiger partial charge >= 0.3 is 10.2 Å². The third-order valence-electron chi connectivity index (χ3n) is 1.91. The molecule has 60 valence electrons. The van der Waals surface area contributed by atoms with Gasteiger partial charge in [-0.15, -0.1) is 3.89 Å². The van der Waals surface area contributed by atoms with Crippen LogP contribution in [0.2, 0.25) is 0 Å². The minimum absolute atomic E-state index is 0.0926. The third-order valence-corrected chi connectivity index (χ3v) is 2.78. The second-order valence-corrected chi connectivity index (χ2v) is 4.27. The lowest BCUT2D eigenvalue weighted by atomic mass is 10.1. The Hall–Kier alpha value is -0.120. The predicted molar refractivity (Wildman–Crippen MR) is 36.9 cm³/mol. The van der Waals surface area contributed by atoms with Gasteiger partial charge in [-0.2, -0.15) is 8.42 Å². The summed E-state index contributed by atoms with van der Waals surface area (Å²) in [5, 5.41) is 0. The van der Waals surface area contributed by atoms with Gasteiger partial charge in [0.1, 0.15) is 0 Å². The zero-order valence-electron chi connectivity index (χ0n) is 5.72. The standard InChI is InChI=1S/C6H11FO2S/c7-10(8,9)5-6-3-1-2-4-6/h6H,1-5H2. The van der Waals surface area contributed by atoms with Gasteiger partial charge in [-0.25, -0.2) is 0 Å². The summed E-state index contributed by atoms with van der Waals surface area (Å²) in [5.74, 6) is -0.164. The molecule has 1 fully saturated rings. The number of hydrogen-bond acceptors (Lipinski definition) is 2. The van der Waals surface area contributed by atoms with Crippen molar-refractivity contribution >= 4 is 10.2 Å². The van der Waals surface area contributed by atoms with E-state index >= 15 is 0 Å². The Morgan fingerprint density at radius 2 is 1.80 bits per heavy atom. The van der Waals surface area contributed by atoms with Gasteiger partial charge in [-0.3, -0.25) is 0 Å². The van der Waals surface area contributed by atoms with Gasteiger partial charge < -0.3 is 0 Å². The van der Waals surface area contributed by atoms with Gasteiger partial charge in [0, 0.05) is 0 Å². The highest BCUT2D eigenvalue weighted by Crippen LogP contribution is 2.26. The van der Waals surface area contributed by atoms with E-state index in [2.05, 4.69) is 0 Å². The molecule has 0 N–H and O–H groups in total. The molecule has 0 saturated heterocycles. The fraction of sp³-hybridized carbons (Fsp3) is 1.00. The van der Waals surface area contributed by atoms with Crippen LogP contribution >= 0.6 is 0 Å². The molecule has 0 heterocycles. The molecule has 0 aromatic carbocycles. The summed E-state index contributed by atoms with van der Waals surface area (Å²) >= 11 is 0. The van der Waals surface area contributed by atoms with E-state index in [9.17, 15) is 12.3 Å². The van der Waals surface area contributed by atoms with Gasteiger partial charge in [-0.05, 0) is 18.8 Å². The van der Waals surface area contributed by atoms with Crippen LogP contribution in [0.15, 0.2) is 0 Å². The fourth-order valence-electron chi connectivity index (χ4n) is 1.46. The van der Waals surface area contributed by atoms with Crippen molar-refractivity contribution in [1.82, 2.24) is 0 Å². The number of rotatable bonds is 2. The van der Waals surface area contributed by atoms with Crippen LogP contribution in [0.4, 0.5) is 3.89 Å². The van der Waals surface area contributed by atoms with E-state index < -0.39 is 10.2 Å². The normalized spacial score (nSPS) is 21.7. The molecular weight excluding hydrogens is 155 g/mol. The molecule has 4 heteroatoms. The van der Waals surface area contributed by atoms with Crippen LogP contribution in [0.3, 0.4) is 0 Å². The molecule has 0 radical (unpaired) electrons. The lowest BCUT2D eigenvalue weighted by Gasteiger charge is -2.02. The quantitative estimate of drug-likeness (QED) is 0.582.